The van der Waals surface area contributed by atoms with Gasteiger partial charge in [0, 0.05) is 27.7 Å². The van der Waals surface area contributed by atoms with Crippen molar-refractivity contribution in [2.24, 2.45) is 0 Å². The van der Waals surface area contributed by atoms with Gasteiger partial charge in [-0.2, -0.15) is 5.10 Å². The van der Waals surface area contributed by atoms with Crippen molar-refractivity contribution in [1.29, 1.82) is 0 Å². The lowest BCUT2D eigenvalue weighted by Crippen LogP contribution is -2.25. The molecule has 134 valence electrons. The van der Waals surface area contributed by atoms with E-state index in [2.05, 4.69) is 48.4 Å². The first-order valence-corrected chi connectivity index (χ1v) is 9.77. The standard InChI is InChI=1S/C18H18BrN5OS/c1-12-7-16(13(2)6-15(12)19)26-9-17(25)22-8-14-4-3-5-21-18(14)24-11-20-10-23-24/h3-7,10-11H,8-9H2,1-2H3,(H,22,25). The molecule has 3 aromatic rings. The Bertz CT molecular complexity index is 914. The first kappa shape index (κ1) is 18.6. The fourth-order valence-electron chi connectivity index (χ4n) is 2.39. The summed E-state index contributed by atoms with van der Waals surface area (Å²) in [7, 11) is 0. The molecule has 2 aromatic heterocycles. The molecular weight excluding hydrogens is 414 g/mol. The molecule has 8 heteroatoms. The highest BCUT2D eigenvalue weighted by molar-refractivity contribution is 9.10. The third kappa shape index (κ3) is 4.50. The van der Waals surface area contributed by atoms with E-state index < -0.39 is 0 Å². The van der Waals surface area contributed by atoms with E-state index in [0.29, 0.717) is 18.1 Å². The number of pyridine rings is 1. The molecule has 0 unspecified atom stereocenters. The van der Waals surface area contributed by atoms with Gasteiger partial charge in [-0.15, -0.1) is 11.8 Å². The highest BCUT2D eigenvalue weighted by Gasteiger charge is 2.10. The molecule has 0 atom stereocenters. The Hall–Kier alpha value is -2.19. The lowest BCUT2D eigenvalue weighted by molar-refractivity contribution is -0.118. The molecule has 0 aliphatic heterocycles. The summed E-state index contributed by atoms with van der Waals surface area (Å²) in [5.41, 5.74) is 3.19. The topological polar surface area (TPSA) is 72.7 Å². The van der Waals surface area contributed by atoms with Crippen molar-refractivity contribution in [1.82, 2.24) is 25.1 Å². The Morgan fingerprint density at radius 3 is 2.92 bits per heavy atom. The van der Waals surface area contributed by atoms with Crippen LogP contribution in [0.5, 0.6) is 0 Å². The quantitative estimate of drug-likeness (QED) is 0.605. The number of benzene rings is 1. The van der Waals surface area contributed by atoms with E-state index in [-0.39, 0.29) is 5.91 Å². The van der Waals surface area contributed by atoms with Crippen LogP contribution in [0.15, 0.2) is 52.5 Å². The first-order valence-electron chi connectivity index (χ1n) is 7.99. The molecule has 0 radical (unpaired) electrons. The van der Waals surface area contributed by atoms with Crippen molar-refractivity contribution in [2.75, 3.05) is 5.75 Å². The van der Waals surface area contributed by atoms with Gasteiger partial charge in [0.2, 0.25) is 5.91 Å². The van der Waals surface area contributed by atoms with Crippen molar-refractivity contribution in [3.05, 3.63) is 64.3 Å². The highest BCUT2D eigenvalue weighted by atomic mass is 79.9. The third-order valence-electron chi connectivity index (χ3n) is 3.79. The second kappa shape index (κ2) is 8.46. The van der Waals surface area contributed by atoms with Crippen LogP contribution in [-0.2, 0) is 11.3 Å². The SMILES string of the molecule is Cc1cc(SCC(=O)NCc2cccnc2-n2cncn2)c(C)cc1Br. The number of rotatable bonds is 6. The summed E-state index contributed by atoms with van der Waals surface area (Å²) >= 11 is 5.07. The van der Waals surface area contributed by atoms with Crippen LogP contribution in [0, 0.1) is 13.8 Å². The fraction of sp³-hybridized carbons (Fsp3) is 0.222. The van der Waals surface area contributed by atoms with Crippen LogP contribution >= 0.6 is 27.7 Å². The summed E-state index contributed by atoms with van der Waals surface area (Å²) in [5.74, 6) is 1.00. The Balaban J connectivity index is 1.60. The number of hydrogen-bond acceptors (Lipinski definition) is 5. The normalized spacial score (nSPS) is 10.7. The number of thioether (sulfide) groups is 1. The number of carbonyl (C=O) groups is 1. The molecule has 26 heavy (non-hydrogen) atoms. The average Bonchev–Trinajstić information content (AvgIpc) is 3.16. The number of nitrogens with zero attached hydrogens (tertiary/aromatic N) is 4. The molecule has 0 spiro atoms. The summed E-state index contributed by atoms with van der Waals surface area (Å²) in [5, 5.41) is 7.04. The summed E-state index contributed by atoms with van der Waals surface area (Å²) in [6.45, 7) is 4.48. The monoisotopic (exact) mass is 431 g/mol. The summed E-state index contributed by atoms with van der Waals surface area (Å²) in [6.07, 6.45) is 4.73. The van der Waals surface area contributed by atoms with E-state index in [1.807, 2.05) is 26.0 Å². The maximum atomic E-state index is 12.3. The molecule has 2 heterocycles. The fourth-order valence-corrected chi connectivity index (χ4v) is 3.78. The van der Waals surface area contributed by atoms with E-state index in [1.165, 1.54) is 18.1 Å². The molecule has 1 N–H and O–H groups in total. The van der Waals surface area contributed by atoms with Crippen LogP contribution in [0.2, 0.25) is 0 Å². The van der Waals surface area contributed by atoms with Gasteiger partial charge in [-0.05, 0) is 43.2 Å². The number of hydrogen-bond donors (Lipinski definition) is 1. The summed E-state index contributed by atoms with van der Waals surface area (Å²) in [4.78, 5) is 21.6. The predicted molar refractivity (Wildman–Crippen MR) is 105 cm³/mol. The minimum atomic E-state index is -0.0247. The van der Waals surface area contributed by atoms with E-state index in [0.717, 1.165) is 26.1 Å². The van der Waals surface area contributed by atoms with Gasteiger partial charge < -0.3 is 5.32 Å². The number of aryl methyl sites for hydroxylation is 2. The van der Waals surface area contributed by atoms with Gasteiger partial charge in [0.25, 0.3) is 0 Å². The largest absolute Gasteiger partial charge is 0.351 e. The third-order valence-corrected chi connectivity index (χ3v) is 5.81. The van der Waals surface area contributed by atoms with Crippen LogP contribution < -0.4 is 5.32 Å². The highest BCUT2D eigenvalue weighted by Crippen LogP contribution is 2.28. The molecule has 1 aromatic carbocycles. The number of amides is 1. The van der Waals surface area contributed by atoms with Crippen molar-refractivity contribution in [2.45, 2.75) is 25.3 Å². The number of nitrogens with one attached hydrogen (secondary N) is 1. The molecular formula is C18H18BrN5OS. The molecule has 0 fully saturated rings. The van der Waals surface area contributed by atoms with Crippen LogP contribution in [0.4, 0.5) is 0 Å². The zero-order chi connectivity index (χ0) is 18.5. The Labute approximate surface area is 164 Å². The predicted octanol–water partition coefficient (Wildman–Crippen LogP) is 3.45. The van der Waals surface area contributed by atoms with E-state index in [4.69, 9.17) is 0 Å². The lowest BCUT2D eigenvalue weighted by atomic mass is 10.2. The van der Waals surface area contributed by atoms with Crippen molar-refractivity contribution >= 4 is 33.6 Å². The van der Waals surface area contributed by atoms with Crippen LogP contribution in [0.1, 0.15) is 16.7 Å². The van der Waals surface area contributed by atoms with E-state index in [1.54, 1.807) is 17.2 Å². The molecule has 3 rings (SSSR count). The maximum absolute atomic E-state index is 12.3. The average molecular weight is 432 g/mol. The molecule has 0 aliphatic rings. The van der Waals surface area contributed by atoms with Crippen LogP contribution in [0.3, 0.4) is 0 Å². The maximum Gasteiger partial charge on any atom is 0.230 e. The Morgan fingerprint density at radius 1 is 1.31 bits per heavy atom. The van der Waals surface area contributed by atoms with Gasteiger partial charge in [-0.3, -0.25) is 4.79 Å². The van der Waals surface area contributed by atoms with Gasteiger partial charge in [-0.1, -0.05) is 22.0 Å². The molecule has 1 amide bonds. The second-order valence-corrected chi connectivity index (χ2v) is 7.63. The van der Waals surface area contributed by atoms with Gasteiger partial charge >= 0.3 is 0 Å². The molecule has 6 nitrogen and oxygen atoms in total. The first-order chi connectivity index (χ1) is 12.5. The number of carbonyl (C=O) groups excluding carboxylic acids is 1. The zero-order valence-corrected chi connectivity index (χ0v) is 16.8. The van der Waals surface area contributed by atoms with Gasteiger partial charge in [-0.25, -0.2) is 14.6 Å². The van der Waals surface area contributed by atoms with Gasteiger partial charge in [0.15, 0.2) is 5.82 Å². The summed E-state index contributed by atoms with van der Waals surface area (Å²) in [6, 6.07) is 7.93. The smallest absolute Gasteiger partial charge is 0.230 e. The number of aromatic nitrogens is 4. The van der Waals surface area contributed by atoms with Crippen molar-refractivity contribution in [3.63, 3.8) is 0 Å². The second-order valence-electron chi connectivity index (χ2n) is 5.76. The molecule has 0 aliphatic carbocycles. The Morgan fingerprint density at radius 2 is 2.15 bits per heavy atom. The molecule has 0 saturated heterocycles. The minimum Gasteiger partial charge on any atom is -0.351 e. The van der Waals surface area contributed by atoms with Crippen molar-refractivity contribution in [3.8, 4) is 5.82 Å². The van der Waals surface area contributed by atoms with E-state index in [9.17, 15) is 4.79 Å². The van der Waals surface area contributed by atoms with Crippen molar-refractivity contribution < 1.29 is 4.79 Å². The van der Waals surface area contributed by atoms with E-state index >= 15 is 0 Å². The zero-order valence-electron chi connectivity index (χ0n) is 14.4. The molecule has 0 saturated carbocycles. The lowest BCUT2D eigenvalue weighted by Gasteiger charge is -2.11. The summed E-state index contributed by atoms with van der Waals surface area (Å²) < 4.78 is 2.67. The van der Waals surface area contributed by atoms with Crippen LogP contribution in [-0.4, -0.2) is 31.4 Å². The number of halogens is 1. The minimum absolute atomic E-state index is 0.0247. The Kier molecular flexibility index (Phi) is 6.05. The van der Waals surface area contributed by atoms with Gasteiger partial charge in [0.05, 0.1) is 5.75 Å². The van der Waals surface area contributed by atoms with Crippen LogP contribution in [0.25, 0.3) is 5.82 Å². The van der Waals surface area contributed by atoms with Gasteiger partial charge in [0.1, 0.15) is 12.7 Å². The molecule has 0 bridgehead atoms.